The summed E-state index contributed by atoms with van der Waals surface area (Å²) < 4.78 is 16.0. The van der Waals surface area contributed by atoms with Gasteiger partial charge in [-0.25, -0.2) is 0 Å². The van der Waals surface area contributed by atoms with E-state index < -0.39 is 0 Å². The van der Waals surface area contributed by atoms with Crippen molar-refractivity contribution in [3.05, 3.63) is 29.8 Å². The molecule has 0 spiro atoms. The van der Waals surface area contributed by atoms with Gasteiger partial charge in [-0.15, -0.1) is 0 Å². The van der Waals surface area contributed by atoms with Crippen LogP contribution in [0.15, 0.2) is 24.3 Å². The van der Waals surface area contributed by atoms with Gasteiger partial charge in [-0.05, 0) is 49.3 Å². The molecular weight excluding hydrogens is 280 g/mol. The lowest BCUT2D eigenvalue weighted by atomic mass is 10.0. The molecule has 0 unspecified atom stereocenters. The molecular formula is C18H24O4. The molecule has 0 heterocycles. The van der Waals surface area contributed by atoms with Gasteiger partial charge in [-0.1, -0.05) is 25.0 Å². The fourth-order valence-corrected chi connectivity index (χ4v) is 3.47. The lowest BCUT2D eigenvalue weighted by Crippen LogP contribution is -2.09. The van der Waals surface area contributed by atoms with Crippen molar-refractivity contribution >= 4 is 5.97 Å². The summed E-state index contributed by atoms with van der Waals surface area (Å²) in [7, 11) is 0. The molecule has 2 aliphatic rings. The summed E-state index contributed by atoms with van der Waals surface area (Å²) in [6.45, 7) is 3.17. The van der Waals surface area contributed by atoms with Crippen LogP contribution in [0.25, 0.3) is 0 Å². The predicted octanol–water partition coefficient (Wildman–Crippen LogP) is 3.54. The smallest absolute Gasteiger partial charge is 0.309 e. The average Bonchev–Trinajstić information content (AvgIpc) is 3.28. The summed E-state index contributed by atoms with van der Waals surface area (Å²) in [6, 6.07) is 7.60. The minimum Gasteiger partial charge on any atom is -0.468 e. The Morgan fingerprint density at radius 2 is 1.82 bits per heavy atom. The van der Waals surface area contributed by atoms with E-state index in [-0.39, 0.29) is 18.7 Å². The number of benzene rings is 1. The molecule has 0 saturated heterocycles. The number of hydrogen-bond acceptors (Lipinski definition) is 4. The summed E-state index contributed by atoms with van der Waals surface area (Å²) in [4.78, 5) is 12.1. The van der Waals surface area contributed by atoms with Gasteiger partial charge in [-0.2, -0.15) is 0 Å². The second-order valence-electron chi connectivity index (χ2n) is 6.14. The highest BCUT2D eigenvalue weighted by molar-refractivity contribution is 5.76. The molecule has 3 rings (SSSR count). The van der Waals surface area contributed by atoms with Crippen LogP contribution in [-0.4, -0.2) is 19.4 Å². The Balaban J connectivity index is 1.42. The lowest BCUT2D eigenvalue weighted by molar-refractivity contribution is -0.147. The molecule has 2 atom stereocenters. The molecule has 2 aliphatic carbocycles. The van der Waals surface area contributed by atoms with E-state index in [9.17, 15) is 4.79 Å². The highest BCUT2D eigenvalue weighted by atomic mass is 16.7. The summed E-state index contributed by atoms with van der Waals surface area (Å²) in [5.74, 6) is 2.15. The van der Waals surface area contributed by atoms with Crippen molar-refractivity contribution in [3.8, 4) is 5.75 Å². The topological polar surface area (TPSA) is 44.8 Å². The zero-order chi connectivity index (χ0) is 15.4. The van der Waals surface area contributed by atoms with Gasteiger partial charge in [0.25, 0.3) is 0 Å². The molecule has 120 valence electrons. The Bertz CT molecular complexity index is 484. The Hall–Kier alpha value is -1.55. The monoisotopic (exact) mass is 304 g/mol. The van der Waals surface area contributed by atoms with Crippen molar-refractivity contribution in [1.29, 1.82) is 0 Å². The van der Waals surface area contributed by atoms with Gasteiger partial charge in [0.2, 0.25) is 0 Å². The number of esters is 1. The number of rotatable bonds is 7. The first kappa shape index (κ1) is 15.3. The quantitative estimate of drug-likeness (QED) is 0.439. The minimum absolute atomic E-state index is 0.00595. The first-order valence-electron chi connectivity index (χ1n) is 8.25. The van der Waals surface area contributed by atoms with E-state index in [0.29, 0.717) is 25.0 Å². The zero-order valence-electron chi connectivity index (χ0n) is 13.1. The van der Waals surface area contributed by atoms with Crippen LogP contribution in [-0.2, 0) is 20.9 Å². The van der Waals surface area contributed by atoms with Crippen LogP contribution in [0.1, 0.15) is 38.2 Å². The highest BCUT2D eigenvalue weighted by Crippen LogP contribution is 2.55. The van der Waals surface area contributed by atoms with E-state index in [1.54, 1.807) is 0 Å². The Morgan fingerprint density at radius 3 is 2.45 bits per heavy atom. The maximum atomic E-state index is 12.1. The van der Waals surface area contributed by atoms with E-state index in [4.69, 9.17) is 14.2 Å². The second kappa shape index (κ2) is 7.14. The maximum absolute atomic E-state index is 12.1. The number of carbonyl (C=O) groups excluding carboxylic acids is 1. The van der Waals surface area contributed by atoms with Crippen LogP contribution in [0.3, 0.4) is 0 Å². The van der Waals surface area contributed by atoms with Gasteiger partial charge in [0.05, 0.1) is 5.92 Å². The van der Waals surface area contributed by atoms with Crippen LogP contribution in [0.2, 0.25) is 0 Å². The summed E-state index contributed by atoms with van der Waals surface area (Å²) in [5.41, 5.74) is 0.987. The van der Waals surface area contributed by atoms with Crippen molar-refractivity contribution in [1.82, 2.24) is 0 Å². The lowest BCUT2D eigenvalue weighted by Gasteiger charge is -2.08. The third-order valence-corrected chi connectivity index (χ3v) is 4.75. The van der Waals surface area contributed by atoms with Gasteiger partial charge >= 0.3 is 5.97 Å². The average molecular weight is 304 g/mol. The first-order chi connectivity index (χ1) is 10.8. The summed E-state index contributed by atoms with van der Waals surface area (Å²) in [5, 5.41) is 0. The van der Waals surface area contributed by atoms with Crippen molar-refractivity contribution in [3.63, 3.8) is 0 Å². The molecule has 0 N–H and O–H groups in total. The van der Waals surface area contributed by atoms with Gasteiger partial charge in [-0.3, -0.25) is 4.79 Å². The predicted molar refractivity (Wildman–Crippen MR) is 82.3 cm³/mol. The highest BCUT2D eigenvalue weighted by Gasteiger charge is 2.55. The number of ether oxygens (including phenoxy) is 3. The molecule has 2 saturated carbocycles. The summed E-state index contributed by atoms with van der Waals surface area (Å²) in [6.07, 6.45) is 4.95. The van der Waals surface area contributed by atoms with Crippen molar-refractivity contribution in [2.75, 3.05) is 13.4 Å². The van der Waals surface area contributed by atoms with Crippen molar-refractivity contribution in [2.24, 2.45) is 17.8 Å². The third-order valence-electron chi connectivity index (χ3n) is 4.75. The van der Waals surface area contributed by atoms with Crippen molar-refractivity contribution in [2.45, 2.75) is 39.2 Å². The van der Waals surface area contributed by atoms with E-state index >= 15 is 0 Å². The Labute approximate surface area is 131 Å². The molecule has 4 heteroatoms. The molecule has 0 amide bonds. The first-order valence-corrected chi connectivity index (χ1v) is 8.25. The van der Waals surface area contributed by atoms with Crippen LogP contribution in [0.5, 0.6) is 5.75 Å². The van der Waals surface area contributed by atoms with Gasteiger partial charge < -0.3 is 14.2 Å². The molecule has 1 aromatic rings. The van der Waals surface area contributed by atoms with Crippen LogP contribution in [0.4, 0.5) is 0 Å². The fourth-order valence-electron chi connectivity index (χ4n) is 3.47. The van der Waals surface area contributed by atoms with E-state index in [1.165, 1.54) is 25.7 Å². The second-order valence-corrected chi connectivity index (χ2v) is 6.14. The standard InChI is InChI=1S/C18H24O4/c1-2-20-12-22-14-9-7-13(8-10-14)11-21-18(19)17-15-5-3-4-6-16(15)17/h7-10,15-17H,2-6,11-12H2,1H3/t15-,16-/m1/s1. The molecule has 0 radical (unpaired) electrons. The minimum atomic E-state index is -0.00595. The van der Waals surface area contributed by atoms with E-state index in [1.807, 2.05) is 31.2 Å². The molecule has 2 fully saturated rings. The van der Waals surface area contributed by atoms with Gasteiger partial charge in [0, 0.05) is 6.61 Å². The Kier molecular flexibility index (Phi) is 4.98. The van der Waals surface area contributed by atoms with Gasteiger partial charge in [0.1, 0.15) is 12.4 Å². The third kappa shape index (κ3) is 3.61. The van der Waals surface area contributed by atoms with Crippen molar-refractivity contribution < 1.29 is 19.0 Å². The molecule has 0 aliphatic heterocycles. The Morgan fingerprint density at radius 1 is 1.14 bits per heavy atom. The normalized spacial score (nSPS) is 26.1. The zero-order valence-corrected chi connectivity index (χ0v) is 13.1. The number of fused-ring (bicyclic) bond motifs is 1. The molecule has 1 aromatic carbocycles. The SMILES string of the molecule is CCOCOc1ccc(COC(=O)C2[C@@H]3CCCC[C@@H]23)cc1. The molecule has 4 nitrogen and oxygen atoms in total. The number of hydrogen-bond donors (Lipinski definition) is 0. The summed E-state index contributed by atoms with van der Waals surface area (Å²) >= 11 is 0. The maximum Gasteiger partial charge on any atom is 0.309 e. The van der Waals surface area contributed by atoms with E-state index in [0.717, 1.165) is 11.3 Å². The molecule has 22 heavy (non-hydrogen) atoms. The molecule has 0 aromatic heterocycles. The fraction of sp³-hybridized carbons (Fsp3) is 0.611. The van der Waals surface area contributed by atoms with Gasteiger partial charge in [0.15, 0.2) is 6.79 Å². The van der Waals surface area contributed by atoms with Crippen LogP contribution < -0.4 is 4.74 Å². The van der Waals surface area contributed by atoms with Crippen LogP contribution in [0, 0.1) is 17.8 Å². The van der Waals surface area contributed by atoms with E-state index in [2.05, 4.69) is 0 Å². The largest absolute Gasteiger partial charge is 0.468 e. The molecule has 0 bridgehead atoms. The number of carbonyl (C=O) groups is 1. The van der Waals surface area contributed by atoms with Crippen LogP contribution >= 0.6 is 0 Å².